The van der Waals surface area contributed by atoms with Crippen LogP contribution in [0.2, 0.25) is 0 Å². The molecule has 98 valence electrons. The van der Waals surface area contributed by atoms with Gasteiger partial charge in [0.25, 0.3) is 5.91 Å². The van der Waals surface area contributed by atoms with Crippen molar-refractivity contribution in [3.05, 3.63) is 56.5 Å². The van der Waals surface area contributed by atoms with Crippen LogP contribution in [0, 0.1) is 6.92 Å². The van der Waals surface area contributed by atoms with Crippen LogP contribution in [0.4, 0.5) is 11.4 Å². The van der Waals surface area contributed by atoms with Crippen molar-refractivity contribution >= 4 is 49.1 Å². The summed E-state index contributed by atoms with van der Waals surface area (Å²) < 4.78 is 1.59. The van der Waals surface area contributed by atoms with Gasteiger partial charge in [0.15, 0.2) is 0 Å². The van der Waals surface area contributed by atoms with E-state index in [0.29, 0.717) is 16.9 Å². The third-order valence-corrected chi connectivity index (χ3v) is 3.72. The molecule has 5 heteroatoms. The van der Waals surface area contributed by atoms with E-state index in [1.54, 1.807) is 18.2 Å². The van der Waals surface area contributed by atoms with Gasteiger partial charge in [-0.15, -0.1) is 0 Å². The molecule has 0 aliphatic rings. The monoisotopic (exact) mass is 382 g/mol. The largest absolute Gasteiger partial charge is 0.397 e. The molecule has 0 radical (unpaired) electrons. The van der Waals surface area contributed by atoms with Gasteiger partial charge in [-0.25, -0.2) is 0 Å². The number of hydrogen-bond acceptors (Lipinski definition) is 2. The van der Waals surface area contributed by atoms with E-state index >= 15 is 0 Å². The first-order chi connectivity index (χ1) is 8.97. The molecule has 0 unspecified atom stereocenters. The molecule has 19 heavy (non-hydrogen) atoms. The lowest BCUT2D eigenvalue weighted by atomic mass is 10.1. The summed E-state index contributed by atoms with van der Waals surface area (Å²) in [5.41, 5.74) is 8.69. The molecule has 0 saturated carbocycles. The van der Waals surface area contributed by atoms with Gasteiger partial charge in [0.1, 0.15) is 0 Å². The highest BCUT2D eigenvalue weighted by Crippen LogP contribution is 2.32. The Hall–Kier alpha value is -1.33. The van der Waals surface area contributed by atoms with Gasteiger partial charge in [0.2, 0.25) is 0 Å². The third kappa shape index (κ3) is 3.36. The van der Waals surface area contributed by atoms with Crippen LogP contribution in [0.3, 0.4) is 0 Å². The normalized spacial score (nSPS) is 10.3. The Morgan fingerprint density at radius 1 is 1.16 bits per heavy atom. The van der Waals surface area contributed by atoms with E-state index in [0.717, 1.165) is 14.5 Å². The van der Waals surface area contributed by atoms with Gasteiger partial charge < -0.3 is 11.1 Å². The summed E-state index contributed by atoms with van der Waals surface area (Å²) in [5, 5.41) is 2.81. The molecule has 3 N–H and O–H groups in total. The Kier molecular flexibility index (Phi) is 4.27. The topological polar surface area (TPSA) is 55.1 Å². The van der Waals surface area contributed by atoms with E-state index in [2.05, 4.69) is 37.2 Å². The third-order valence-electron chi connectivity index (χ3n) is 2.64. The number of amides is 1. The molecule has 0 atom stereocenters. The molecule has 2 rings (SSSR count). The standard InChI is InChI=1S/C14H12Br2N2O/c1-8-2-4-9(5-3-8)14(19)18-13-11(16)6-10(15)7-12(13)17/h2-7H,17H2,1H3,(H,18,19). The fourth-order valence-electron chi connectivity index (χ4n) is 1.62. The lowest BCUT2D eigenvalue weighted by Crippen LogP contribution is -2.13. The molecule has 0 aromatic heterocycles. The van der Waals surface area contributed by atoms with Crippen molar-refractivity contribution in [3.8, 4) is 0 Å². The number of carbonyl (C=O) groups is 1. The van der Waals surface area contributed by atoms with Crippen molar-refractivity contribution in [2.45, 2.75) is 6.92 Å². The van der Waals surface area contributed by atoms with Crippen LogP contribution in [0.1, 0.15) is 15.9 Å². The number of nitrogens with one attached hydrogen (secondary N) is 1. The zero-order valence-electron chi connectivity index (χ0n) is 10.2. The average Bonchev–Trinajstić information content (AvgIpc) is 2.34. The quantitative estimate of drug-likeness (QED) is 0.757. The maximum Gasteiger partial charge on any atom is 0.255 e. The fraction of sp³-hybridized carbons (Fsp3) is 0.0714. The van der Waals surface area contributed by atoms with Crippen molar-refractivity contribution in [1.82, 2.24) is 0 Å². The second-order valence-electron chi connectivity index (χ2n) is 4.17. The number of nitrogen functional groups attached to an aromatic ring is 1. The van der Waals surface area contributed by atoms with Crippen molar-refractivity contribution in [1.29, 1.82) is 0 Å². The van der Waals surface area contributed by atoms with Crippen molar-refractivity contribution < 1.29 is 4.79 Å². The van der Waals surface area contributed by atoms with Crippen molar-refractivity contribution in [3.63, 3.8) is 0 Å². The Balaban J connectivity index is 2.26. The Morgan fingerprint density at radius 2 is 1.79 bits per heavy atom. The Labute approximate surface area is 128 Å². The molecule has 0 spiro atoms. The highest BCUT2D eigenvalue weighted by atomic mass is 79.9. The van der Waals surface area contributed by atoms with Crippen LogP contribution in [0.25, 0.3) is 0 Å². The second kappa shape index (κ2) is 5.75. The maximum absolute atomic E-state index is 12.1. The number of benzene rings is 2. The van der Waals surface area contributed by atoms with Gasteiger partial charge in [0.05, 0.1) is 11.4 Å². The Morgan fingerprint density at radius 3 is 2.37 bits per heavy atom. The first-order valence-electron chi connectivity index (χ1n) is 5.60. The lowest BCUT2D eigenvalue weighted by molar-refractivity contribution is 0.102. The minimum Gasteiger partial charge on any atom is -0.397 e. The van der Waals surface area contributed by atoms with Crippen LogP contribution >= 0.6 is 31.9 Å². The van der Waals surface area contributed by atoms with Gasteiger partial charge in [-0.3, -0.25) is 4.79 Å². The van der Waals surface area contributed by atoms with E-state index < -0.39 is 0 Å². The van der Waals surface area contributed by atoms with Gasteiger partial charge in [0, 0.05) is 14.5 Å². The smallest absolute Gasteiger partial charge is 0.255 e. The summed E-state index contributed by atoms with van der Waals surface area (Å²) in [4.78, 5) is 12.1. The molecule has 0 aliphatic heterocycles. The van der Waals surface area contributed by atoms with Crippen molar-refractivity contribution in [2.75, 3.05) is 11.1 Å². The highest BCUT2D eigenvalue weighted by Gasteiger charge is 2.11. The molecule has 0 fully saturated rings. The number of rotatable bonds is 2. The first kappa shape index (κ1) is 14.1. The summed E-state index contributed by atoms with van der Waals surface area (Å²) in [5.74, 6) is -0.185. The SMILES string of the molecule is Cc1ccc(C(=O)Nc2c(N)cc(Br)cc2Br)cc1. The second-order valence-corrected chi connectivity index (χ2v) is 5.94. The maximum atomic E-state index is 12.1. The van der Waals surface area contributed by atoms with Crippen LogP contribution in [-0.4, -0.2) is 5.91 Å². The molecule has 1 amide bonds. The number of aryl methyl sites for hydroxylation is 1. The minimum absolute atomic E-state index is 0.185. The zero-order valence-corrected chi connectivity index (χ0v) is 13.4. The summed E-state index contributed by atoms with van der Waals surface area (Å²) in [6.07, 6.45) is 0. The molecular weight excluding hydrogens is 372 g/mol. The van der Waals surface area contributed by atoms with Crippen LogP contribution in [0.15, 0.2) is 45.3 Å². The average molecular weight is 384 g/mol. The molecule has 0 bridgehead atoms. The molecule has 0 heterocycles. The van der Waals surface area contributed by atoms with Gasteiger partial charge in [-0.1, -0.05) is 33.6 Å². The van der Waals surface area contributed by atoms with E-state index in [-0.39, 0.29) is 5.91 Å². The van der Waals surface area contributed by atoms with E-state index in [1.165, 1.54) is 0 Å². The summed E-state index contributed by atoms with van der Waals surface area (Å²) in [7, 11) is 0. The predicted octanol–water partition coefficient (Wildman–Crippen LogP) is 4.35. The molecule has 0 aliphatic carbocycles. The summed E-state index contributed by atoms with van der Waals surface area (Å²) in [6.45, 7) is 1.98. The molecular formula is C14H12Br2N2O. The number of carbonyl (C=O) groups excluding carboxylic acids is 1. The zero-order chi connectivity index (χ0) is 14.0. The van der Waals surface area contributed by atoms with Crippen LogP contribution in [-0.2, 0) is 0 Å². The first-order valence-corrected chi connectivity index (χ1v) is 7.18. The number of halogens is 2. The van der Waals surface area contributed by atoms with Crippen LogP contribution in [0.5, 0.6) is 0 Å². The summed E-state index contributed by atoms with van der Waals surface area (Å²) >= 11 is 6.73. The predicted molar refractivity (Wildman–Crippen MR) is 85.4 cm³/mol. The molecule has 0 saturated heterocycles. The van der Waals surface area contributed by atoms with E-state index in [4.69, 9.17) is 5.73 Å². The molecule has 2 aromatic rings. The van der Waals surface area contributed by atoms with Gasteiger partial charge in [-0.05, 0) is 47.1 Å². The van der Waals surface area contributed by atoms with Gasteiger partial charge >= 0.3 is 0 Å². The lowest BCUT2D eigenvalue weighted by Gasteiger charge is -2.11. The fourth-order valence-corrected chi connectivity index (χ4v) is 2.97. The molecule has 2 aromatic carbocycles. The summed E-state index contributed by atoms with van der Waals surface area (Å²) in [6, 6.07) is 10.9. The van der Waals surface area contributed by atoms with Crippen LogP contribution < -0.4 is 11.1 Å². The van der Waals surface area contributed by atoms with E-state index in [9.17, 15) is 4.79 Å². The number of nitrogens with two attached hydrogens (primary N) is 1. The highest BCUT2D eigenvalue weighted by molar-refractivity contribution is 9.11. The minimum atomic E-state index is -0.185. The van der Waals surface area contributed by atoms with E-state index in [1.807, 2.05) is 25.1 Å². The van der Waals surface area contributed by atoms with Crippen molar-refractivity contribution in [2.24, 2.45) is 0 Å². The molecule has 3 nitrogen and oxygen atoms in total. The Bertz CT molecular complexity index is 601. The van der Waals surface area contributed by atoms with Gasteiger partial charge in [-0.2, -0.15) is 0 Å². The number of hydrogen-bond donors (Lipinski definition) is 2. The number of anilines is 2.